The predicted octanol–water partition coefficient (Wildman–Crippen LogP) is 2.82. The Morgan fingerprint density at radius 1 is 1.30 bits per heavy atom. The highest BCUT2D eigenvalue weighted by Gasteiger charge is 2.27. The van der Waals surface area contributed by atoms with Gasteiger partial charge in [0.2, 0.25) is 5.91 Å². The molecule has 0 spiro atoms. The van der Waals surface area contributed by atoms with Gasteiger partial charge in [0.25, 0.3) is 0 Å². The number of carbonyl (C=O) groups excluding carboxylic acids is 1. The Morgan fingerprint density at radius 3 is 2.50 bits per heavy atom. The van der Waals surface area contributed by atoms with Crippen molar-refractivity contribution in [3.05, 3.63) is 35.9 Å². The summed E-state index contributed by atoms with van der Waals surface area (Å²) in [5.41, 5.74) is 4.20. The minimum absolute atomic E-state index is 0.00205. The number of carbonyl (C=O) groups is 1. The van der Waals surface area contributed by atoms with Gasteiger partial charge in [0, 0.05) is 12.1 Å². The summed E-state index contributed by atoms with van der Waals surface area (Å²) < 4.78 is 0. The van der Waals surface area contributed by atoms with E-state index in [2.05, 4.69) is 36.9 Å². The molecular formula is C16H24N2OS. The zero-order valence-electron chi connectivity index (χ0n) is 12.2. The first kappa shape index (κ1) is 15.4. The molecule has 1 N–H and O–H groups in total. The third-order valence-corrected chi connectivity index (χ3v) is 4.42. The average molecular weight is 292 g/mol. The van der Waals surface area contributed by atoms with Crippen LogP contribution in [0.2, 0.25) is 0 Å². The molecule has 0 radical (unpaired) electrons. The summed E-state index contributed by atoms with van der Waals surface area (Å²) in [7, 11) is 0. The van der Waals surface area contributed by atoms with Crippen molar-refractivity contribution in [2.24, 2.45) is 0 Å². The van der Waals surface area contributed by atoms with Gasteiger partial charge >= 0.3 is 0 Å². The molecule has 2 rings (SSSR count). The second-order valence-corrected chi connectivity index (χ2v) is 6.34. The summed E-state index contributed by atoms with van der Waals surface area (Å²) >= 11 is 4.46. The first-order chi connectivity index (χ1) is 9.58. The van der Waals surface area contributed by atoms with E-state index in [-0.39, 0.29) is 11.2 Å². The van der Waals surface area contributed by atoms with Crippen molar-refractivity contribution >= 4 is 18.5 Å². The first-order valence-electron chi connectivity index (χ1n) is 7.38. The van der Waals surface area contributed by atoms with Gasteiger partial charge in [-0.2, -0.15) is 12.6 Å². The van der Waals surface area contributed by atoms with Crippen LogP contribution >= 0.6 is 12.6 Å². The van der Waals surface area contributed by atoms with Crippen molar-refractivity contribution in [2.45, 2.75) is 56.9 Å². The van der Waals surface area contributed by atoms with E-state index in [0.717, 1.165) is 18.4 Å². The molecule has 1 fully saturated rings. The van der Waals surface area contributed by atoms with Crippen LogP contribution in [-0.2, 0) is 11.2 Å². The standard InChI is InChI=1S/C16H24N2OS/c1-12-7-6-8-13(2)18(12)17-16(19)15(20)11-14-9-4-3-5-10-14/h3-5,9-10,12-13,15,20H,6-8,11H2,1-2H3,(H,17,19). The van der Waals surface area contributed by atoms with Crippen molar-refractivity contribution in [3.63, 3.8) is 0 Å². The van der Waals surface area contributed by atoms with Gasteiger partial charge in [-0.15, -0.1) is 0 Å². The molecule has 20 heavy (non-hydrogen) atoms. The van der Waals surface area contributed by atoms with E-state index in [1.54, 1.807) is 0 Å². The average Bonchev–Trinajstić information content (AvgIpc) is 2.44. The van der Waals surface area contributed by atoms with Gasteiger partial charge in [-0.1, -0.05) is 36.8 Å². The number of thiol groups is 1. The Morgan fingerprint density at radius 2 is 1.90 bits per heavy atom. The summed E-state index contributed by atoms with van der Waals surface area (Å²) in [4.78, 5) is 12.3. The smallest absolute Gasteiger partial charge is 0.247 e. The Balaban J connectivity index is 1.90. The minimum Gasteiger partial charge on any atom is -0.287 e. The van der Waals surface area contributed by atoms with Gasteiger partial charge in [-0.05, 0) is 38.7 Å². The molecule has 1 amide bonds. The summed E-state index contributed by atoms with van der Waals surface area (Å²) in [6, 6.07) is 10.8. The molecule has 1 saturated heterocycles. The number of nitrogens with zero attached hydrogens (tertiary/aromatic N) is 1. The SMILES string of the molecule is CC1CCCC(C)N1NC(=O)C(S)Cc1ccccc1. The fourth-order valence-corrected chi connectivity index (χ4v) is 3.04. The van der Waals surface area contributed by atoms with Gasteiger partial charge in [-0.3, -0.25) is 10.2 Å². The summed E-state index contributed by atoms with van der Waals surface area (Å²) in [5, 5.41) is 1.79. The van der Waals surface area contributed by atoms with Crippen LogP contribution in [0, 0.1) is 0 Å². The molecule has 3 atom stereocenters. The zero-order chi connectivity index (χ0) is 14.5. The van der Waals surface area contributed by atoms with Gasteiger partial charge < -0.3 is 0 Å². The highest BCUT2D eigenvalue weighted by atomic mass is 32.1. The molecule has 1 heterocycles. The normalized spacial score (nSPS) is 25.1. The van der Waals surface area contributed by atoms with Crippen LogP contribution in [0.25, 0.3) is 0 Å². The Kier molecular flexibility index (Phi) is 5.49. The van der Waals surface area contributed by atoms with Crippen LogP contribution < -0.4 is 5.43 Å². The topological polar surface area (TPSA) is 32.3 Å². The lowest BCUT2D eigenvalue weighted by Gasteiger charge is -2.39. The third-order valence-electron chi connectivity index (χ3n) is 4.01. The summed E-state index contributed by atoms with van der Waals surface area (Å²) in [6.45, 7) is 4.33. The highest BCUT2D eigenvalue weighted by molar-refractivity contribution is 7.81. The molecule has 1 aromatic rings. The van der Waals surface area contributed by atoms with Crippen LogP contribution in [-0.4, -0.2) is 28.2 Å². The van der Waals surface area contributed by atoms with Gasteiger partial charge in [-0.25, -0.2) is 5.01 Å². The number of nitrogens with one attached hydrogen (secondary N) is 1. The zero-order valence-corrected chi connectivity index (χ0v) is 13.1. The quantitative estimate of drug-likeness (QED) is 0.837. The minimum atomic E-state index is -0.307. The van der Waals surface area contributed by atoms with E-state index in [0.29, 0.717) is 18.5 Å². The van der Waals surface area contributed by atoms with Crippen LogP contribution in [0.3, 0.4) is 0 Å². The van der Waals surface area contributed by atoms with E-state index in [9.17, 15) is 4.79 Å². The van der Waals surface area contributed by atoms with Gasteiger partial charge in [0.1, 0.15) is 0 Å². The number of hydrazine groups is 1. The fourth-order valence-electron chi connectivity index (χ4n) is 2.77. The molecule has 3 unspecified atom stereocenters. The monoisotopic (exact) mass is 292 g/mol. The Labute approximate surface area is 127 Å². The molecule has 1 aliphatic heterocycles. The molecule has 3 nitrogen and oxygen atoms in total. The van der Waals surface area contributed by atoms with Crippen LogP contribution in [0.4, 0.5) is 0 Å². The lowest BCUT2D eigenvalue weighted by molar-refractivity contribution is -0.128. The van der Waals surface area contributed by atoms with E-state index in [4.69, 9.17) is 0 Å². The lowest BCUT2D eigenvalue weighted by Crippen LogP contribution is -2.55. The molecule has 1 aliphatic rings. The second-order valence-electron chi connectivity index (χ2n) is 5.72. The van der Waals surface area contributed by atoms with Gasteiger partial charge in [0.05, 0.1) is 5.25 Å². The fraction of sp³-hybridized carbons (Fsp3) is 0.562. The van der Waals surface area contributed by atoms with Crippen LogP contribution in [0.15, 0.2) is 30.3 Å². The number of piperidine rings is 1. The predicted molar refractivity (Wildman–Crippen MR) is 85.7 cm³/mol. The lowest BCUT2D eigenvalue weighted by atomic mass is 10.00. The molecule has 1 aromatic carbocycles. The highest BCUT2D eigenvalue weighted by Crippen LogP contribution is 2.20. The molecule has 0 aromatic heterocycles. The Hall–Kier alpha value is -1.00. The summed E-state index contributed by atoms with van der Waals surface area (Å²) in [5.74, 6) is -0.00205. The Bertz CT molecular complexity index is 427. The molecule has 0 saturated carbocycles. The van der Waals surface area contributed by atoms with Crippen molar-refractivity contribution in [2.75, 3.05) is 0 Å². The maximum absolute atomic E-state index is 12.3. The van der Waals surface area contributed by atoms with Crippen molar-refractivity contribution in [1.29, 1.82) is 0 Å². The van der Waals surface area contributed by atoms with E-state index in [1.165, 1.54) is 6.42 Å². The molecular weight excluding hydrogens is 268 g/mol. The third kappa shape index (κ3) is 4.00. The van der Waals surface area contributed by atoms with Crippen LogP contribution in [0.1, 0.15) is 38.7 Å². The number of amides is 1. The van der Waals surface area contributed by atoms with Crippen LogP contribution in [0.5, 0.6) is 0 Å². The van der Waals surface area contributed by atoms with E-state index >= 15 is 0 Å². The number of rotatable bonds is 4. The van der Waals surface area contributed by atoms with E-state index < -0.39 is 0 Å². The maximum Gasteiger partial charge on any atom is 0.247 e. The molecule has 0 bridgehead atoms. The second kappa shape index (κ2) is 7.14. The number of hydrogen-bond acceptors (Lipinski definition) is 3. The maximum atomic E-state index is 12.3. The number of benzene rings is 1. The molecule has 0 aliphatic carbocycles. The molecule has 4 heteroatoms. The van der Waals surface area contributed by atoms with Crippen molar-refractivity contribution in [1.82, 2.24) is 10.4 Å². The van der Waals surface area contributed by atoms with Gasteiger partial charge in [0.15, 0.2) is 0 Å². The van der Waals surface area contributed by atoms with E-state index in [1.807, 2.05) is 30.3 Å². The van der Waals surface area contributed by atoms with Crippen molar-refractivity contribution < 1.29 is 4.79 Å². The largest absolute Gasteiger partial charge is 0.287 e. The molecule has 110 valence electrons. The number of hydrogen-bond donors (Lipinski definition) is 2. The summed E-state index contributed by atoms with van der Waals surface area (Å²) in [6.07, 6.45) is 4.18. The first-order valence-corrected chi connectivity index (χ1v) is 7.90. The van der Waals surface area contributed by atoms with Crippen molar-refractivity contribution in [3.8, 4) is 0 Å².